The first-order valence-electron chi connectivity index (χ1n) is 6.07. The van der Waals surface area contributed by atoms with E-state index < -0.39 is 0 Å². The van der Waals surface area contributed by atoms with Gasteiger partial charge in [0.2, 0.25) is 0 Å². The van der Waals surface area contributed by atoms with Crippen LogP contribution in [0.25, 0.3) is 0 Å². The SMILES string of the molecule is Cc1cc(CC(C)c2ccccc2)ccc1N. The third kappa shape index (κ3) is 2.88. The highest BCUT2D eigenvalue weighted by Crippen LogP contribution is 2.22. The van der Waals surface area contributed by atoms with Crippen molar-refractivity contribution in [2.75, 3.05) is 5.73 Å². The third-order valence-electron chi connectivity index (χ3n) is 3.24. The van der Waals surface area contributed by atoms with Gasteiger partial charge in [0, 0.05) is 5.69 Å². The first kappa shape index (κ1) is 11.7. The second-order valence-corrected chi connectivity index (χ2v) is 4.71. The van der Waals surface area contributed by atoms with Gasteiger partial charge in [0.05, 0.1) is 0 Å². The van der Waals surface area contributed by atoms with Crippen LogP contribution < -0.4 is 5.73 Å². The quantitative estimate of drug-likeness (QED) is 0.787. The molecule has 0 aliphatic rings. The second-order valence-electron chi connectivity index (χ2n) is 4.71. The van der Waals surface area contributed by atoms with Gasteiger partial charge < -0.3 is 5.73 Å². The lowest BCUT2D eigenvalue weighted by molar-refractivity contribution is 0.759. The van der Waals surface area contributed by atoms with Gasteiger partial charge in [-0.25, -0.2) is 0 Å². The first-order valence-corrected chi connectivity index (χ1v) is 6.07. The van der Waals surface area contributed by atoms with Crippen LogP contribution in [0.15, 0.2) is 48.5 Å². The van der Waals surface area contributed by atoms with Gasteiger partial charge in [0.15, 0.2) is 0 Å². The van der Waals surface area contributed by atoms with Crippen LogP contribution in [-0.2, 0) is 6.42 Å². The van der Waals surface area contributed by atoms with E-state index in [1.807, 2.05) is 6.07 Å². The Morgan fingerprint density at radius 2 is 1.76 bits per heavy atom. The predicted molar refractivity (Wildman–Crippen MR) is 74.2 cm³/mol. The molecule has 0 amide bonds. The van der Waals surface area contributed by atoms with Crippen LogP contribution >= 0.6 is 0 Å². The summed E-state index contributed by atoms with van der Waals surface area (Å²) in [6.07, 6.45) is 1.06. The maximum absolute atomic E-state index is 5.83. The number of rotatable bonds is 3. The summed E-state index contributed by atoms with van der Waals surface area (Å²) in [5, 5.41) is 0. The lowest BCUT2D eigenvalue weighted by Crippen LogP contribution is -1.99. The molecular formula is C16H19N. The summed E-state index contributed by atoms with van der Waals surface area (Å²) in [6.45, 7) is 4.33. The van der Waals surface area contributed by atoms with E-state index in [1.54, 1.807) is 0 Å². The molecule has 88 valence electrons. The summed E-state index contributed by atoms with van der Waals surface area (Å²) in [7, 11) is 0. The highest BCUT2D eigenvalue weighted by molar-refractivity contribution is 5.47. The van der Waals surface area contributed by atoms with Gasteiger partial charge >= 0.3 is 0 Å². The van der Waals surface area contributed by atoms with E-state index in [2.05, 4.69) is 56.3 Å². The first-order chi connectivity index (χ1) is 8.16. The van der Waals surface area contributed by atoms with E-state index >= 15 is 0 Å². The molecule has 0 saturated carbocycles. The number of anilines is 1. The van der Waals surface area contributed by atoms with Crippen molar-refractivity contribution in [2.24, 2.45) is 0 Å². The largest absolute Gasteiger partial charge is 0.399 e. The Labute approximate surface area is 103 Å². The topological polar surface area (TPSA) is 26.0 Å². The molecule has 2 aromatic rings. The second kappa shape index (κ2) is 5.05. The molecule has 0 radical (unpaired) electrons. The average molecular weight is 225 g/mol. The predicted octanol–water partition coefficient (Wildman–Crippen LogP) is 3.92. The van der Waals surface area contributed by atoms with Crippen molar-refractivity contribution in [2.45, 2.75) is 26.2 Å². The molecule has 2 N–H and O–H groups in total. The monoisotopic (exact) mass is 225 g/mol. The van der Waals surface area contributed by atoms with Gasteiger partial charge in [0.25, 0.3) is 0 Å². The third-order valence-corrected chi connectivity index (χ3v) is 3.24. The fourth-order valence-corrected chi connectivity index (χ4v) is 2.12. The molecule has 0 aliphatic heterocycles. The van der Waals surface area contributed by atoms with Crippen molar-refractivity contribution in [3.63, 3.8) is 0 Å². The number of nitrogen functional groups attached to an aromatic ring is 1. The van der Waals surface area contributed by atoms with Crippen LogP contribution in [0.4, 0.5) is 5.69 Å². The zero-order valence-corrected chi connectivity index (χ0v) is 10.5. The Balaban J connectivity index is 2.13. The molecule has 1 unspecified atom stereocenters. The van der Waals surface area contributed by atoms with Gasteiger partial charge in [-0.3, -0.25) is 0 Å². The molecule has 0 aliphatic carbocycles. The van der Waals surface area contributed by atoms with Crippen LogP contribution in [0.1, 0.15) is 29.5 Å². The molecule has 2 rings (SSSR count). The van der Waals surface area contributed by atoms with Crippen LogP contribution in [0.5, 0.6) is 0 Å². The lowest BCUT2D eigenvalue weighted by Gasteiger charge is -2.13. The number of benzene rings is 2. The summed E-state index contributed by atoms with van der Waals surface area (Å²) in [5.74, 6) is 0.541. The Bertz CT molecular complexity index is 488. The van der Waals surface area contributed by atoms with Crippen LogP contribution in [0, 0.1) is 6.92 Å². The molecule has 1 nitrogen and oxygen atoms in total. The van der Waals surface area contributed by atoms with Gasteiger partial charge in [-0.15, -0.1) is 0 Å². The van der Waals surface area contributed by atoms with Crippen molar-refractivity contribution in [3.8, 4) is 0 Å². The summed E-state index contributed by atoms with van der Waals surface area (Å²) < 4.78 is 0. The molecule has 1 atom stereocenters. The molecule has 0 fully saturated rings. The van der Waals surface area contributed by atoms with Gasteiger partial charge in [-0.2, -0.15) is 0 Å². The molecule has 17 heavy (non-hydrogen) atoms. The van der Waals surface area contributed by atoms with E-state index in [0.29, 0.717) is 5.92 Å². The van der Waals surface area contributed by atoms with Crippen LogP contribution in [0.3, 0.4) is 0 Å². The Hall–Kier alpha value is -1.76. The molecule has 0 bridgehead atoms. The summed E-state index contributed by atoms with van der Waals surface area (Å²) in [6, 6.07) is 17.0. The van der Waals surface area contributed by atoms with Gasteiger partial charge in [-0.1, -0.05) is 49.4 Å². The minimum absolute atomic E-state index is 0.541. The number of nitrogens with two attached hydrogens (primary N) is 1. The van der Waals surface area contributed by atoms with Crippen molar-refractivity contribution in [1.82, 2.24) is 0 Å². The van der Waals surface area contributed by atoms with E-state index in [9.17, 15) is 0 Å². The van der Waals surface area contributed by atoms with Gasteiger partial charge in [0.1, 0.15) is 0 Å². The molecule has 2 aromatic carbocycles. The molecule has 0 spiro atoms. The number of hydrogen-bond acceptors (Lipinski definition) is 1. The molecule has 1 heteroatoms. The normalized spacial score (nSPS) is 12.4. The lowest BCUT2D eigenvalue weighted by atomic mass is 9.93. The highest BCUT2D eigenvalue weighted by Gasteiger charge is 2.06. The zero-order chi connectivity index (χ0) is 12.3. The molecule has 0 saturated heterocycles. The van der Waals surface area contributed by atoms with Gasteiger partial charge in [-0.05, 0) is 42.0 Å². The van der Waals surface area contributed by atoms with E-state index in [4.69, 9.17) is 5.73 Å². The summed E-state index contributed by atoms with van der Waals surface area (Å²) >= 11 is 0. The number of hydrogen-bond donors (Lipinski definition) is 1. The fourth-order valence-electron chi connectivity index (χ4n) is 2.12. The van der Waals surface area contributed by atoms with E-state index in [0.717, 1.165) is 12.1 Å². The van der Waals surface area contributed by atoms with Crippen molar-refractivity contribution in [3.05, 3.63) is 65.2 Å². The summed E-state index contributed by atoms with van der Waals surface area (Å²) in [4.78, 5) is 0. The standard InChI is InChI=1S/C16H19N/c1-12(15-6-4-3-5-7-15)10-14-8-9-16(17)13(2)11-14/h3-9,11-12H,10,17H2,1-2H3. The highest BCUT2D eigenvalue weighted by atomic mass is 14.5. The Morgan fingerprint density at radius 1 is 1.06 bits per heavy atom. The Kier molecular flexibility index (Phi) is 3.48. The summed E-state index contributed by atoms with van der Waals surface area (Å²) in [5.41, 5.74) is 10.6. The van der Waals surface area contributed by atoms with Crippen LogP contribution in [0.2, 0.25) is 0 Å². The zero-order valence-electron chi connectivity index (χ0n) is 10.5. The average Bonchev–Trinajstić information content (AvgIpc) is 2.35. The van der Waals surface area contributed by atoms with E-state index in [1.165, 1.54) is 16.7 Å². The van der Waals surface area contributed by atoms with Crippen LogP contribution in [-0.4, -0.2) is 0 Å². The Morgan fingerprint density at radius 3 is 2.41 bits per heavy atom. The van der Waals surface area contributed by atoms with Crippen molar-refractivity contribution < 1.29 is 0 Å². The minimum atomic E-state index is 0.541. The molecular weight excluding hydrogens is 206 g/mol. The smallest absolute Gasteiger partial charge is 0.0343 e. The maximum Gasteiger partial charge on any atom is 0.0343 e. The van der Waals surface area contributed by atoms with Crippen molar-refractivity contribution in [1.29, 1.82) is 0 Å². The minimum Gasteiger partial charge on any atom is -0.399 e. The maximum atomic E-state index is 5.83. The number of aryl methyl sites for hydroxylation is 1. The fraction of sp³-hybridized carbons (Fsp3) is 0.250. The van der Waals surface area contributed by atoms with E-state index in [-0.39, 0.29) is 0 Å². The van der Waals surface area contributed by atoms with Crippen molar-refractivity contribution >= 4 is 5.69 Å². The molecule has 0 aromatic heterocycles. The molecule has 0 heterocycles.